The monoisotopic (exact) mass is 214 g/mol. The highest BCUT2D eigenvalue weighted by molar-refractivity contribution is 4.67. The van der Waals surface area contributed by atoms with Crippen LogP contribution in [0.5, 0.6) is 0 Å². The second kappa shape index (κ2) is 8.12. The second-order valence-electron chi connectivity index (χ2n) is 5.26. The standard InChI is InChI=1S/C13H30N2/c1-6-13(10-14)7-8-15(5)12(4)9-11(2)3/h11-13H,6-10,14H2,1-5H3. The molecule has 2 unspecified atom stereocenters. The van der Waals surface area contributed by atoms with Gasteiger partial charge in [0.2, 0.25) is 0 Å². The average molecular weight is 214 g/mol. The van der Waals surface area contributed by atoms with E-state index in [1.807, 2.05) is 0 Å². The molecule has 0 aliphatic carbocycles. The Kier molecular flexibility index (Phi) is 8.07. The summed E-state index contributed by atoms with van der Waals surface area (Å²) in [6.07, 6.45) is 3.74. The van der Waals surface area contributed by atoms with Crippen molar-refractivity contribution in [3.63, 3.8) is 0 Å². The summed E-state index contributed by atoms with van der Waals surface area (Å²) in [6.45, 7) is 11.2. The summed E-state index contributed by atoms with van der Waals surface area (Å²) >= 11 is 0. The zero-order valence-electron chi connectivity index (χ0n) is 11.3. The predicted octanol–water partition coefficient (Wildman–Crippen LogP) is 2.73. The van der Waals surface area contributed by atoms with Gasteiger partial charge < -0.3 is 10.6 Å². The van der Waals surface area contributed by atoms with Gasteiger partial charge in [0, 0.05) is 6.04 Å². The van der Waals surface area contributed by atoms with Crippen LogP contribution in [-0.2, 0) is 0 Å². The van der Waals surface area contributed by atoms with Gasteiger partial charge in [-0.05, 0) is 51.7 Å². The van der Waals surface area contributed by atoms with E-state index in [1.165, 1.54) is 25.8 Å². The van der Waals surface area contributed by atoms with E-state index in [1.54, 1.807) is 0 Å². The fourth-order valence-corrected chi connectivity index (χ4v) is 1.96. The minimum Gasteiger partial charge on any atom is -0.330 e. The molecule has 0 aliphatic rings. The number of nitrogens with zero attached hydrogens (tertiary/aromatic N) is 1. The second-order valence-corrected chi connectivity index (χ2v) is 5.26. The smallest absolute Gasteiger partial charge is 0.00663 e. The van der Waals surface area contributed by atoms with Crippen LogP contribution in [0.2, 0.25) is 0 Å². The van der Waals surface area contributed by atoms with Crippen molar-refractivity contribution >= 4 is 0 Å². The van der Waals surface area contributed by atoms with E-state index in [0.29, 0.717) is 12.0 Å². The summed E-state index contributed by atoms with van der Waals surface area (Å²) < 4.78 is 0. The van der Waals surface area contributed by atoms with Gasteiger partial charge in [0.1, 0.15) is 0 Å². The highest BCUT2D eigenvalue weighted by Gasteiger charge is 2.12. The van der Waals surface area contributed by atoms with Crippen LogP contribution in [0.25, 0.3) is 0 Å². The Bertz CT molecular complexity index is 141. The minimum atomic E-state index is 0.695. The fraction of sp³-hybridized carbons (Fsp3) is 1.00. The normalized spacial score (nSPS) is 16.0. The van der Waals surface area contributed by atoms with Crippen LogP contribution in [0.15, 0.2) is 0 Å². The molecule has 0 bridgehead atoms. The molecule has 0 saturated heterocycles. The molecule has 2 N–H and O–H groups in total. The van der Waals surface area contributed by atoms with Gasteiger partial charge >= 0.3 is 0 Å². The van der Waals surface area contributed by atoms with Gasteiger partial charge in [0.05, 0.1) is 0 Å². The van der Waals surface area contributed by atoms with Crippen molar-refractivity contribution < 1.29 is 0 Å². The van der Waals surface area contributed by atoms with Crippen molar-refractivity contribution in [2.75, 3.05) is 20.1 Å². The Morgan fingerprint density at radius 1 is 1.20 bits per heavy atom. The summed E-state index contributed by atoms with van der Waals surface area (Å²) in [7, 11) is 2.23. The summed E-state index contributed by atoms with van der Waals surface area (Å²) in [6, 6.07) is 0.695. The maximum atomic E-state index is 5.71. The molecular weight excluding hydrogens is 184 g/mol. The first-order chi connectivity index (χ1) is 7.01. The summed E-state index contributed by atoms with van der Waals surface area (Å²) in [5.74, 6) is 1.50. The molecule has 0 radical (unpaired) electrons. The van der Waals surface area contributed by atoms with Crippen LogP contribution in [0, 0.1) is 11.8 Å². The van der Waals surface area contributed by atoms with Gasteiger partial charge in [-0.25, -0.2) is 0 Å². The molecule has 0 rings (SSSR count). The molecule has 0 fully saturated rings. The van der Waals surface area contributed by atoms with Crippen molar-refractivity contribution in [2.45, 2.75) is 53.0 Å². The van der Waals surface area contributed by atoms with Gasteiger partial charge in [-0.15, -0.1) is 0 Å². The Hall–Kier alpha value is -0.0800. The lowest BCUT2D eigenvalue weighted by Crippen LogP contribution is -2.32. The van der Waals surface area contributed by atoms with Crippen molar-refractivity contribution in [1.82, 2.24) is 4.90 Å². The third-order valence-electron chi connectivity index (χ3n) is 3.37. The van der Waals surface area contributed by atoms with Crippen molar-refractivity contribution in [2.24, 2.45) is 17.6 Å². The molecule has 0 amide bonds. The molecule has 0 aromatic heterocycles. The average Bonchev–Trinajstić information content (AvgIpc) is 2.18. The first-order valence-electron chi connectivity index (χ1n) is 6.41. The number of hydrogen-bond donors (Lipinski definition) is 1. The van der Waals surface area contributed by atoms with Crippen LogP contribution in [0.4, 0.5) is 0 Å². The maximum absolute atomic E-state index is 5.71. The first kappa shape index (κ1) is 14.9. The van der Waals surface area contributed by atoms with Gasteiger partial charge in [0.15, 0.2) is 0 Å². The van der Waals surface area contributed by atoms with Crippen LogP contribution in [0.3, 0.4) is 0 Å². The molecule has 0 aromatic rings. The molecule has 2 nitrogen and oxygen atoms in total. The van der Waals surface area contributed by atoms with Crippen LogP contribution in [-0.4, -0.2) is 31.1 Å². The minimum absolute atomic E-state index is 0.695. The van der Waals surface area contributed by atoms with E-state index in [-0.39, 0.29) is 0 Å². The molecule has 0 aliphatic heterocycles. The van der Waals surface area contributed by atoms with E-state index in [4.69, 9.17) is 5.73 Å². The number of hydrogen-bond acceptors (Lipinski definition) is 2. The SMILES string of the molecule is CCC(CN)CCN(C)C(C)CC(C)C. The van der Waals surface area contributed by atoms with Crippen LogP contribution in [0.1, 0.15) is 47.0 Å². The maximum Gasteiger partial charge on any atom is 0.00663 e. The summed E-state index contributed by atoms with van der Waals surface area (Å²) in [4.78, 5) is 2.47. The molecule has 92 valence electrons. The third-order valence-corrected chi connectivity index (χ3v) is 3.37. The Labute approximate surface area is 96.2 Å². The molecule has 2 heteroatoms. The summed E-state index contributed by atoms with van der Waals surface area (Å²) in [5, 5.41) is 0. The highest BCUT2D eigenvalue weighted by atomic mass is 15.1. The van der Waals surface area contributed by atoms with E-state index in [2.05, 4.69) is 39.6 Å². The molecule has 2 atom stereocenters. The Balaban J connectivity index is 3.76. The van der Waals surface area contributed by atoms with Crippen molar-refractivity contribution in [3.8, 4) is 0 Å². The lowest BCUT2D eigenvalue weighted by molar-refractivity contribution is 0.212. The molecule has 0 aromatic carbocycles. The van der Waals surface area contributed by atoms with Crippen molar-refractivity contribution in [3.05, 3.63) is 0 Å². The van der Waals surface area contributed by atoms with E-state index in [9.17, 15) is 0 Å². The van der Waals surface area contributed by atoms with Gasteiger partial charge in [0.25, 0.3) is 0 Å². The predicted molar refractivity (Wildman–Crippen MR) is 69.0 cm³/mol. The Morgan fingerprint density at radius 3 is 2.20 bits per heavy atom. The molecule has 0 spiro atoms. The van der Waals surface area contributed by atoms with Gasteiger partial charge in [-0.2, -0.15) is 0 Å². The van der Waals surface area contributed by atoms with E-state index < -0.39 is 0 Å². The zero-order valence-corrected chi connectivity index (χ0v) is 11.3. The first-order valence-corrected chi connectivity index (χ1v) is 6.41. The number of nitrogens with two attached hydrogens (primary N) is 1. The highest BCUT2D eigenvalue weighted by Crippen LogP contribution is 2.12. The molecular formula is C13H30N2. The largest absolute Gasteiger partial charge is 0.330 e. The molecule has 0 saturated carbocycles. The molecule has 0 heterocycles. The lowest BCUT2D eigenvalue weighted by atomic mass is 10.0. The molecule has 15 heavy (non-hydrogen) atoms. The van der Waals surface area contributed by atoms with Gasteiger partial charge in [-0.1, -0.05) is 27.2 Å². The third kappa shape index (κ3) is 6.91. The summed E-state index contributed by atoms with van der Waals surface area (Å²) in [5.41, 5.74) is 5.71. The van der Waals surface area contributed by atoms with Gasteiger partial charge in [-0.3, -0.25) is 0 Å². The van der Waals surface area contributed by atoms with Crippen LogP contribution < -0.4 is 5.73 Å². The fourth-order valence-electron chi connectivity index (χ4n) is 1.96. The Morgan fingerprint density at radius 2 is 1.80 bits per heavy atom. The van der Waals surface area contributed by atoms with E-state index >= 15 is 0 Å². The van der Waals surface area contributed by atoms with E-state index in [0.717, 1.165) is 12.5 Å². The van der Waals surface area contributed by atoms with Crippen LogP contribution >= 0.6 is 0 Å². The lowest BCUT2D eigenvalue weighted by Gasteiger charge is -2.27. The number of rotatable bonds is 8. The van der Waals surface area contributed by atoms with Crippen molar-refractivity contribution in [1.29, 1.82) is 0 Å². The quantitative estimate of drug-likeness (QED) is 0.673. The zero-order chi connectivity index (χ0) is 11.8. The topological polar surface area (TPSA) is 29.3 Å².